The molecule has 2 amide bonds. The molecule has 34 heavy (non-hydrogen) atoms. The number of ether oxygens (including phenoxy) is 1. The molecule has 0 radical (unpaired) electrons. The van der Waals surface area contributed by atoms with E-state index in [1.54, 1.807) is 24.3 Å². The molecule has 1 saturated heterocycles. The van der Waals surface area contributed by atoms with E-state index in [0.717, 1.165) is 16.7 Å². The van der Waals surface area contributed by atoms with Crippen LogP contribution < -0.4 is 4.74 Å². The highest BCUT2D eigenvalue weighted by Crippen LogP contribution is 2.37. The van der Waals surface area contributed by atoms with Crippen molar-refractivity contribution in [3.8, 4) is 5.75 Å². The summed E-state index contributed by atoms with van der Waals surface area (Å²) >= 11 is 16.2. The van der Waals surface area contributed by atoms with E-state index in [1.165, 1.54) is 36.4 Å². The average Bonchev–Trinajstić information content (AvgIpc) is 3.04. The minimum absolute atomic E-state index is 0.0564. The van der Waals surface area contributed by atoms with Crippen molar-refractivity contribution in [2.24, 2.45) is 0 Å². The lowest BCUT2D eigenvalue weighted by Gasteiger charge is -2.14. The van der Waals surface area contributed by atoms with Crippen molar-refractivity contribution in [2.75, 3.05) is 0 Å². The van der Waals surface area contributed by atoms with Crippen LogP contribution in [0.2, 0.25) is 10.0 Å². The molecule has 4 nitrogen and oxygen atoms in total. The van der Waals surface area contributed by atoms with E-state index < -0.39 is 22.8 Å². The van der Waals surface area contributed by atoms with E-state index in [4.69, 9.17) is 27.9 Å². The van der Waals surface area contributed by atoms with Crippen molar-refractivity contribution in [3.05, 3.63) is 102 Å². The fourth-order valence-corrected chi connectivity index (χ4v) is 4.85. The molecule has 3 aromatic rings. The Hall–Kier alpha value is -2.39. The Morgan fingerprint density at radius 2 is 1.62 bits per heavy atom. The van der Waals surface area contributed by atoms with E-state index in [1.807, 2.05) is 0 Å². The number of benzene rings is 3. The predicted octanol–water partition coefficient (Wildman–Crippen LogP) is 7.85. The van der Waals surface area contributed by atoms with Crippen LogP contribution in [0.25, 0.3) is 6.08 Å². The van der Waals surface area contributed by atoms with E-state index in [2.05, 4.69) is 15.9 Å². The van der Waals surface area contributed by atoms with Gasteiger partial charge in [0.15, 0.2) is 0 Å². The third kappa shape index (κ3) is 5.30. The van der Waals surface area contributed by atoms with E-state index in [0.29, 0.717) is 15.8 Å². The van der Waals surface area contributed by atoms with Crippen LogP contribution in [0.5, 0.6) is 5.75 Å². The molecular formula is C24H14BrCl2F2NO3S. The predicted molar refractivity (Wildman–Crippen MR) is 133 cm³/mol. The summed E-state index contributed by atoms with van der Waals surface area (Å²) in [5.74, 6) is -1.34. The van der Waals surface area contributed by atoms with Crippen molar-refractivity contribution in [1.82, 2.24) is 4.90 Å². The van der Waals surface area contributed by atoms with Gasteiger partial charge in [0.2, 0.25) is 0 Å². The van der Waals surface area contributed by atoms with Crippen LogP contribution >= 0.6 is 50.9 Å². The Morgan fingerprint density at radius 1 is 0.971 bits per heavy atom. The second-order valence-electron chi connectivity index (χ2n) is 7.14. The standard InChI is InChI=1S/C24H14BrCl2F2NO3S/c25-14-7-8-21(33-12-16-18(27)4-2-6-20(16)29)13(9-14)10-22-23(31)30(24(32)34-22)11-15-17(26)3-1-5-19(15)28/h1-10H,11-12H2/b22-10-. The fraction of sp³-hybridized carbons (Fsp3) is 0.0833. The van der Waals surface area contributed by atoms with Gasteiger partial charge in [-0.3, -0.25) is 14.5 Å². The number of amides is 2. The van der Waals surface area contributed by atoms with Crippen LogP contribution in [-0.4, -0.2) is 16.0 Å². The minimum atomic E-state index is -0.606. The van der Waals surface area contributed by atoms with Crippen molar-refractivity contribution < 1.29 is 23.1 Å². The summed E-state index contributed by atoms with van der Waals surface area (Å²) in [7, 11) is 0. The molecule has 0 aliphatic carbocycles. The Labute approximate surface area is 216 Å². The summed E-state index contributed by atoms with van der Waals surface area (Å²) in [4.78, 5) is 26.5. The zero-order chi connectivity index (χ0) is 24.4. The van der Waals surface area contributed by atoms with E-state index in [-0.39, 0.29) is 39.2 Å². The molecule has 0 bridgehead atoms. The average molecular weight is 585 g/mol. The third-order valence-corrected chi connectivity index (χ3v) is 7.05. The molecule has 1 heterocycles. The molecule has 174 valence electrons. The van der Waals surface area contributed by atoms with Gasteiger partial charge in [0, 0.05) is 26.2 Å². The molecule has 0 saturated carbocycles. The van der Waals surface area contributed by atoms with Crippen molar-refractivity contribution >= 4 is 68.1 Å². The summed E-state index contributed by atoms with van der Waals surface area (Å²) in [5, 5.41) is -0.199. The van der Waals surface area contributed by atoms with Crippen LogP contribution in [0.3, 0.4) is 0 Å². The number of imide groups is 1. The van der Waals surface area contributed by atoms with E-state index >= 15 is 0 Å². The van der Waals surface area contributed by atoms with Crippen molar-refractivity contribution in [2.45, 2.75) is 13.2 Å². The number of thioether (sulfide) groups is 1. The Morgan fingerprint density at radius 3 is 2.26 bits per heavy atom. The number of nitrogens with zero attached hydrogens (tertiary/aromatic N) is 1. The fourth-order valence-electron chi connectivity index (χ4n) is 3.20. The van der Waals surface area contributed by atoms with Crippen LogP contribution in [0.1, 0.15) is 16.7 Å². The molecule has 0 spiro atoms. The highest BCUT2D eigenvalue weighted by atomic mass is 79.9. The van der Waals surface area contributed by atoms with Crippen LogP contribution in [0.15, 0.2) is 64.0 Å². The molecule has 0 N–H and O–H groups in total. The Kier molecular flexibility index (Phi) is 7.62. The third-order valence-electron chi connectivity index (χ3n) is 4.94. The summed E-state index contributed by atoms with van der Waals surface area (Å²) in [6.07, 6.45) is 1.50. The molecule has 0 unspecified atom stereocenters. The van der Waals surface area contributed by atoms with Gasteiger partial charge in [-0.05, 0) is 60.3 Å². The molecule has 1 aliphatic rings. The summed E-state index contributed by atoms with van der Waals surface area (Å²) in [6.45, 7) is -0.428. The van der Waals surface area contributed by atoms with Crippen LogP contribution in [-0.2, 0) is 17.9 Å². The van der Waals surface area contributed by atoms with Gasteiger partial charge in [-0.1, -0.05) is 51.3 Å². The van der Waals surface area contributed by atoms with Gasteiger partial charge in [-0.2, -0.15) is 0 Å². The van der Waals surface area contributed by atoms with Gasteiger partial charge >= 0.3 is 0 Å². The molecule has 3 aromatic carbocycles. The molecule has 10 heteroatoms. The number of hydrogen-bond donors (Lipinski definition) is 0. The molecule has 0 atom stereocenters. The van der Waals surface area contributed by atoms with Gasteiger partial charge in [-0.25, -0.2) is 8.78 Å². The summed E-state index contributed by atoms with van der Waals surface area (Å²) in [5.41, 5.74) is 0.734. The first kappa shape index (κ1) is 24.7. The van der Waals surface area contributed by atoms with Gasteiger partial charge in [0.1, 0.15) is 24.0 Å². The Bertz CT molecular complexity index is 1300. The second-order valence-corrected chi connectivity index (χ2v) is 9.86. The van der Waals surface area contributed by atoms with Crippen LogP contribution in [0.4, 0.5) is 13.6 Å². The SMILES string of the molecule is O=C1S/C(=C\c2cc(Br)ccc2OCc2c(F)cccc2Cl)C(=O)N1Cc1c(F)cccc1Cl. The zero-order valence-electron chi connectivity index (χ0n) is 17.2. The number of hydrogen-bond acceptors (Lipinski definition) is 4. The normalized spacial score (nSPS) is 14.9. The highest BCUT2D eigenvalue weighted by Gasteiger charge is 2.36. The number of halogens is 5. The summed E-state index contributed by atoms with van der Waals surface area (Å²) < 4.78 is 34.8. The minimum Gasteiger partial charge on any atom is -0.488 e. The smallest absolute Gasteiger partial charge is 0.293 e. The van der Waals surface area contributed by atoms with Crippen LogP contribution in [0, 0.1) is 11.6 Å². The van der Waals surface area contributed by atoms with Crippen molar-refractivity contribution in [3.63, 3.8) is 0 Å². The van der Waals surface area contributed by atoms with Gasteiger partial charge in [0.05, 0.1) is 16.5 Å². The first-order chi connectivity index (χ1) is 16.2. The maximum absolute atomic E-state index is 14.2. The second kappa shape index (κ2) is 10.5. The maximum Gasteiger partial charge on any atom is 0.293 e. The first-order valence-corrected chi connectivity index (χ1v) is 12.1. The molecule has 1 fully saturated rings. The van der Waals surface area contributed by atoms with Gasteiger partial charge in [-0.15, -0.1) is 0 Å². The first-order valence-electron chi connectivity index (χ1n) is 9.78. The number of carbonyl (C=O) groups is 2. The molecule has 4 rings (SSSR count). The molecular weight excluding hydrogens is 571 g/mol. The zero-order valence-corrected chi connectivity index (χ0v) is 21.1. The topological polar surface area (TPSA) is 46.6 Å². The van der Waals surface area contributed by atoms with Crippen molar-refractivity contribution in [1.29, 1.82) is 0 Å². The lowest BCUT2D eigenvalue weighted by Crippen LogP contribution is -2.28. The Balaban J connectivity index is 1.59. The largest absolute Gasteiger partial charge is 0.488 e. The van der Waals surface area contributed by atoms with Gasteiger partial charge in [0.25, 0.3) is 11.1 Å². The lowest BCUT2D eigenvalue weighted by atomic mass is 10.1. The molecule has 0 aromatic heterocycles. The molecule has 1 aliphatic heterocycles. The number of carbonyl (C=O) groups excluding carboxylic acids is 2. The van der Waals surface area contributed by atoms with Gasteiger partial charge < -0.3 is 4.74 Å². The summed E-state index contributed by atoms with van der Waals surface area (Å²) in [6, 6.07) is 13.5. The quantitative estimate of drug-likeness (QED) is 0.277. The highest BCUT2D eigenvalue weighted by molar-refractivity contribution is 9.10. The monoisotopic (exact) mass is 583 g/mol. The number of rotatable bonds is 6. The lowest BCUT2D eigenvalue weighted by molar-refractivity contribution is -0.123. The maximum atomic E-state index is 14.2. The van der Waals surface area contributed by atoms with E-state index in [9.17, 15) is 18.4 Å².